The fourth-order valence-electron chi connectivity index (χ4n) is 2.51. The summed E-state index contributed by atoms with van der Waals surface area (Å²) in [7, 11) is -1.29. The number of nitrogens with zero attached hydrogens (tertiary/aromatic N) is 2. The van der Waals surface area contributed by atoms with Gasteiger partial charge in [-0.05, 0) is 25.7 Å². The van der Waals surface area contributed by atoms with Crippen molar-refractivity contribution in [3.8, 4) is 0 Å². The Hall–Kier alpha value is -1.37. The number of hydrogen-bond acceptors (Lipinski definition) is 4. The highest BCUT2D eigenvalue weighted by Gasteiger charge is 2.23. The van der Waals surface area contributed by atoms with E-state index in [1.54, 1.807) is 18.7 Å². The van der Waals surface area contributed by atoms with Gasteiger partial charge < -0.3 is 5.32 Å². The predicted molar refractivity (Wildman–Crippen MR) is 76.5 cm³/mol. The first-order chi connectivity index (χ1) is 9.44. The first kappa shape index (κ1) is 15.0. The van der Waals surface area contributed by atoms with Gasteiger partial charge in [0, 0.05) is 24.9 Å². The molecule has 1 aliphatic carbocycles. The summed E-state index contributed by atoms with van der Waals surface area (Å²) in [6.07, 6.45) is 3.98. The monoisotopic (exact) mass is 299 g/mol. The van der Waals surface area contributed by atoms with E-state index in [9.17, 15) is 13.2 Å². The summed E-state index contributed by atoms with van der Waals surface area (Å²) in [6, 6.07) is 0. The molecule has 0 unspecified atom stereocenters. The van der Waals surface area contributed by atoms with Gasteiger partial charge in [0.2, 0.25) is 0 Å². The van der Waals surface area contributed by atoms with E-state index in [0.717, 1.165) is 36.9 Å². The lowest BCUT2D eigenvalue weighted by Crippen LogP contribution is -2.31. The lowest BCUT2D eigenvalue weighted by molar-refractivity contribution is 0.0945. The molecule has 20 heavy (non-hydrogen) atoms. The number of sulfone groups is 1. The molecule has 2 rings (SSSR count). The normalized spacial score (nSPS) is 14.9. The molecule has 1 aromatic rings. The highest BCUT2D eigenvalue weighted by atomic mass is 32.2. The zero-order valence-corrected chi connectivity index (χ0v) is 12.8. The summed E-state index contributed by atoms with van der Waals surface area (Å²) in [5, 5.41) is 7.07. The minimum atomic E-state index is -3.05. The summed E-state index contributed by atoms with van der Waals surface area (Å²) in [5.41, 5.74) is 2.60. The number of nitrogens with one attached hydrogen (secondary N) is 1. The summed E-state index contributed by atoms with van der Waals surface area (Å²) in [5.74, 6) is -0.145. The second-order valence-electron chi connectivity index (χ2n) is 5.10. The van der Waals surface area contributed by atoms with Crippen molar-refractivity contribution in [1.29, 1.82) is 0 Å². The van der Waals surface area contributed by atoms with Crippen LogP contribution in [0.1, 0.15) is 41.5 Å². The quantitative estimate of drug-likeness (QED) is 0.856. The molecule has 112 valence electrons. The summed E-state index contributed by atoms with van der Waals surface area (Å²) in [4.78, 5) is 12.2. The van der Waals surface area contributed by atoms with Crippen LogP contribution in [-0.2, 0) is 29.7 Å². The van der Waals surface area contributed by atoms with Crippen LogP contribution >= 0.6 is 0 Å². The Morgan fingerprint density at radius 2 is 2.05 bits per heavy atom. The van der Waals surface area contributed by atoms with Gasteiger partial charge in [0.05, 0.1) is 11.4 Å². The minimum absolute atomic E-state index is 0.0186. The fraction of sp³-hybridized carbons (Fsp3) is 0.692. The number of carbonyl (C=O) groups is 1. The van der Waals surface area contributed by atoms with Crippen LogP contribution in [0.25, 0.3) is 0 Å². The molecule has 1 aliphatic rings. The van der Waals surface area contributed by atoms with Gasteiger partial charge in [-0.2, -0.15) is 5.10 Å². The van der Waals surface area contributed by atoms with Gasteiger partial charge >= 0.3 is 0 Å². The zero-order chi connectivity index (χ0) is 14.8. The van der Waals surface area contributed by atoms with Crippen LogP contribution in [0.5, 0.6) is 0 Å². The molecular formula is C13H21N3O3S. The van der Waals surface area contributed by atoms with Crippen LogP contribution in [0.3, 0.4) is 0 Å². The topological polar surface area (TPSA) is 81.1 Å². The molecule has 1 N–H and O–H groups in total. The standard InChI is InChI=1S/C13H21N3O3S/c1-3-20(18,19)9-8-14-13(17)12-10-6-4-5-7-11(10)15-16(12)2/h3-9H2,1-2H3,(H,14,17). The maximum absolute atomic E-state index is 12.2. The molecule has 0 fully saturated rings. The molecule has 1 heterocycles. The van der Waals surface area contributed by atoms with Crippen LogP contribution in [-0.4, -0.2) is 42.2 Å². The predicted octanol–water partition coefficient (Wildman–Crippen LogP) is 0.463. The van der Waals surface area contributed by atoms with Crippen LogP contribution in [0.15, 0.2) is 0 Å². The first-order valence-electron chi connectivity index (χ1n) is 6.98. The summed E-state index contributed by atoms with van der Waals surface area (Å²) in [6.45, 7) is 1.75. The van der Waals surface area contributed by atoms with Gasteiger partial charge in [-0.15, -0.1) is 0 Å². The summed E-state index contributed by atoms with van der Waals surface area (Å²) >= 11 is 0. The third-order valence-corrected chi connectivity index (χ3v) is 5.38. The molecule has 0 saturated carbocycles. The van der Waals surface area contributed by atoms with Gasteiger partial charge in [-0.1, -0.05) is 6.92 Å². The van der Waals surface area contributed by atoms with Crippen molar-refractivity contribution >= 4 is 15.7 Å². The molecule has 0 spiro atoms. The Bertz CT molecular complexity index is 605. The second-order valence-corrected chi connectivity index (χ2v) is 7.57. The molecule has 1 amide bonds. The van der Waals surface area contributed by atoms with E-state index in [1.807, 2.05) is 0 Å². The SMILES string of the molecule is CCS(=O)(=O)CCNC(=O)c1c2c(nn1C)CCCC2. The van der Waals surface area contributed by atoms with Crippen molar-refractivity contribution in [2.24, 2.45) is 7.05 Å². The van der Waals surface area contributed by atoms with E-state index >= 15 is 0 Å². The van der Waals surface area contributed by atoms with E-state index in [0.29, 0.717) is 5.69 Å². The van der Waals surface area contributed by atoms with Gasteiger partial charge in [-0.3, -0.25) is 9.48 Å². The van der Waals surface area contributed by atoms with Crippen LogP contribution in [0.4, 0.5) is 0 Å². The lowest BCUT2D eigenvalue weighted by atomic mass is 9.96. The first-order valence-corrected chi connectivity index (χ1v) is 8.80. The molecule has 0 aromatic carbocycles. The van der Waals surface area contributed by atoms with Crippen molar-refractivity contribution in [1.82, 2.24) is 15.1 Å². The number of fused-ring (bicyclic) bond motifs is 1. The van der Waals surface area contributed by atoms with Gasteiger partial charge in [0.25, 0.3) is 5.91 Å². The van der Waals surface area contributed by atoms with E-state index in [2.05, 4.69) is 10.4 Å². The van der Waals surface area contributed by atoms with E-state index in [1.165, 1.54) is 0 Å². The Kier molecular flexibility index (Phi) is 4.47. The maximum atomic E-state index is 12.2. The largest absolute Gasteiger partial charge is 0.350 e. The van der Waals surface area contributed by atoms with Crippen molar-refractivity contribution in [3.63, 3.8) is 0 Å². The molecule has 7 heteroatoms. The number of hydrogen-bond donors (Lipinski definition) is 1. The van der Waals surface area contributed by atoms with Crippen molar-refractivity contribution < 1.29 is 13.2 Å². The van der Waals surface area contributed by atoms with Crippen LogP contribution in [0.2, 0.25) is 0 Å². The summed E-state index contributed by atoms with van der Waals surface area (Å²) < 4.78 is 24.4. The Morgan fingerprint density at radius 1 is 1.35 bits per heavy atom. The second kappa shape index (κ2) is 5.95. The molecule has 0 radical (unpaired) electrons. The van der Waals surface area contributed by atoms with Gasteiger partial charge in [-0.25, -0.2) is 8.42 Å². The number of aryl methyl sites for hydroxylation is 2. The minimum Gasteiger partial charge on any atom is -0.350 e. The van der Waals surface area contributed by atoms with Crippen molar-refractivity contribution in [3.05, 3.63) is 17.0 Å². The van der Waals surface area contributed by atoms with Crippen molar-refractivity contribution in [2.75, 3.05) is 18.1 Å². The molecule has 0 atom stereocenters. The van der Waals surface area contributed by atoms with Gasteiger partial charge in [0.1, 0.15) is 5.69 Å². The lowest BCUT2D eigenvalue weighted by Gasteiger charge is -2.11. The van der Waals surface area contributed by atoms with Crippen LogP contribution in [0, 0.1) is 0 Å². The smallest absolute Gasteiger partial charge is 0.269 e. The fourth-order valence-corrected chi connectivity index (χ4v) is 3.22. The van der Waals surface area contributed by atoms with Crippen molar-refractivity contribution in [2.45, 2.75) is 32.6 Å². The molecule has 0 bridgehead atoms. The Balaban J connectivity index is 2.05. The third-order valence-electron chi connectivity index (χ3n) is 3.67. The average molecular weight is 299 g/mol. The van der Waals surface area contributed by atoms with E-state index in [-0.39, 0.29) is 24.0 Å². The molecule has 1 aromatic heterocycles. The molecule has 6 nitrogen and oxygen atoms in total. The molecule has 0 saturated heterocycles. The number of rotatable bonds is 5. The highest BCUT2D eigenvalue weighted by molar-refractivity contribution is 7.91. The highest BCUT2D eigenvalue weighted by Crippen LogP contribution is 2.23. The average Bonchev–Trinajstić information content (AvgIpc) is 2.74. The Labute approximate surface area is 119 Å². The molecular weight excluding hydrogens is 278 g/mol. The maximum Gasteiger partial charge on any atom is 0.269 e. The number of amides is 1. The van der Waals surface area contributed by atoms with Crippen LogP contribution < -0.4 is 5.32 Å². The van der Waals surface area contributed by atoms with E-state index in [4.69, 9.17) is 0 Å². The number of carbonyl (C=O) groups excluding carboxylic acids is 1. The number of aromatic nitrogens is 2. The Morgan fingerprint density at radius 3 is 2.75 bits per heavy atom. The van der Waals surface area contributed by atoms with E-state index < -0.39 is 9.84 Å². The zero-order valence-electron chi connectivity index (χ0n) is 12.0. The molecule has 0 aliphatic heterocycles. The third kappa shape index (κ3) is 3.20. The van der Waals surface area contributed by atoms with Gasteiger partial charge in [0.15, 0.2) is 9.84 Å².